The van der Waals surface area contributed by atoms with E-state index in [0.717, 1.165) is 19.3 Å². The van der Waals surface area contributed by atoms with Crippen molar-refractivity contribution in [3.05, 3.63) is 22.7 Å². The number of rotatable bonds is 7. The van der Waals surface area contributed by atoms with E-state index in [1.165, 1.54) is 26.0 Å². The summed E-state index contributed by atoms with van der Waals surface area (Å²) in [6.07, 6.45) is 6.04. The van der Waals surface area contributed by atoms with Crippen LogP contribution < -0.4 is 15.8 Å². The Hall–Kier alpha value is -1.17. The highest BCUT2D eigenvalue weighted by atomic mass is 35.5. The summed E-state index contributed by atoms with van der Waals surface area (Å²) in [6, 6.07) is 3.08. The predicted molar refractivity (Wildman–Crippen MR) is 94.8 cm³/mol. The zero-order valence-corrected chi connectivity index (χ0v) is 14.8. The summed E-state index contributed by atoms with van der Waals surface area (Å²) in [7, 11) is 1.49. The van der Waals surface area contributed by atoms with Gasteiger partial charge < -0.3 is 20.5 Å². The van der Waals surface area contributed by atoms with E-state index >= 15 is 0 Å². The Labute approximate surface area is 148 Å². The quantitative estimate of drug-likeness (QED) is 0.575. The Morgan fingerprint density at radius 1 is 1.39 bits per heavy atom. The molecule has 1 aliphatic rings. The number of carbonyl (C=O) groups is 1. The van der Waals surface area contributed by atoms with Gasteiger partial charge in [-0.1, -0.05) is 24.4 Å². The molecular weight excluding hydrogens is 339 g/mol. The average molecular weight is 363 g/mol. The fourth-order valence-corrected chi connectivity index (χ4v) is 2.75. The molecule has 130 valence electrons. The van der Waals surface area contributed by atoms with Gasteiger partial charge in [-0.05, 0) is 25.3 Å². The molecule has 0 aliphatic heterocycles. The van der Waals surface area contributed by atoms with Crippen LogP contribution in [0.1, 0.15) is 42.5 Å². The van der Waals surface area contributed by atoms with Crippen molar-refractivity contribution in [2.45, 2.75) is 38.2 Å². The van der Waals surface area contributed by atoms with E-state index in [9.17, 15) is 4.79 Å². The molecular formula is C16H24Cl2N2O3. The maximum absolute atomic E-state index is 12.2. The average Bonchev–Trinajstić information content (AvgIpc) is 3.02. The summed E-state index contributed by atoms with van der Waals surface area (Å²) in [5, 5.41) is 3.19. The molecule has 1 aliphatic carbocycles. The number of carbonyl (C=O) groups excluding carboxylic acids is 1. The summed E-state index contributed by atoms with van der Waals surface area (Å²) in [5.74, 6) is 0.196. The number of hydrogen-bond donors (Lipinski definition) is 2. The lowest BCUT2D eigenvalue weighted by atomic mass is 10.1. The number of benzene rings is 1. The van der Waals surface area contributed by atoms with E-state index < -0.39 is 0 Å². The van der Waals surface area contributed by atoms with Crippen LogP contribution in [0.15, 0.2) is 12.1 Å². The minimum atomic E-state index is -0.223. The van der Waals surface area contributed by atoms with Gasteiger partial charge in [0.05, 0.1) is 29.5 Å². The number of ether oxygens (including phenoxy) is 2. The lowest BCUT2D eigenvalue weighted by molar-refractivity contribution is 0.0565. The third-order valence-electron chi connectivity index (χ3n) is 3.83. The maximum Gasteiger partial charge on any atom is 0.255 e. The second-order valence-electron chi connectivity index (χ2n) is 5.46. The van der Waals surface area contributed by atoms with Crippen molar-refractivity contribution in [2.24, 2.45) is 0 Å². The summed E-state index contributed by atoms with van der Waals surface area (Å²) >= 11 is 5.96. The number of hydrogen-bond acceptors (Lipinski definition) is 4. The first-order valence-corrected chi connectivity index (χ1v) is 8.02. The molecule has 0 saturated heterocycles. The minimum absolute atomic E-state index is 0. The zero-order valence-electron chi connectivity index (χ0n) is 13.3. The normalized spacial score (nSPS) is 14.3. The molecule has 0 radical (unpaired) electrons. The van der Waals surface area contributed by atoms with Gasteiger partial charge in [-0.15, -0.1) is 12.4 Å². The highest BCUT2D eigenvalue weighted by Crippen LogP contribution is 2.28. The van der Waals surface area contributed by atoms with Gasteiger partial charge in [-0.25, -0.2) is 0 Å². The van der Waals surface area contributed by atoms with Crippen molar-refractivity contribution >= 4 is 35.6 Å². The van der Waals surface area contributed by atoms with Crippen molar-refractivity contribution in [2.75, 3.05) is 26.0 Å². The van der Waals surface area contributed by atoms with Crippen molar-refractivity contribution in [1.29, 1.82) is 0 Å². The molecule has 1 saturated carbocycles. The van der Waals surface area contributed by atoms with Crippen LogP contribution in [-0.2, 0) is 4.74 Å². The van der Waals surface area contributed by atoms with Gasteiger partial charge in [0.2, 0.25) is 0 Å². The first-order valence-electron chi connectivity index (χ1n) is 7.64. The van der Waals surface area contributed by atoms with Crippen LogP contribution in [0.3, 0.4) is 0 Å². The van der Waals surface area contributed by atoms with Crippen LogP contribution >= 0.6 is 24.0 Å². The van der Waals surface area contributed by atoms with Crippen molar-refractivity contribution < 1.29 is 14.3 Å². The number of anilines is 1. The minimum Gasteiger partial charge on any atom is -0.496 e. The maximum atomic E-state index is 12.2. The highest BCUT2D eigenvalue weighted by Gasteiger charge is 2.16. The molecule has 5 nitrogen and oxygen atoms in total. The van der Waals surface area contributed by atoms with Gasteiger partial charge in [0, 0.05) is 19.2 Å². The molecule has 0 unspecified atom stereocenters. The molecule has 1 fully saturated rings. The van der Waals surface area contributed by atoms with Crippen LogP contribution in [0, 0.1) is 0 Å². The molecule has 23 heavy (non-hydrogen) atoms. The largest absolute Gasteiger partial charge is 0.496 e. The van der Waals surface area contributed by atoms with Gasteiger partial charge in [0.15, 0.2) is 0 Å². The van der Waals surface area contributed by atoms with Gasteiger partial charge in [0.1, 0.15) is 5.75 Å². The van der Waals surface area contributed by atoms with Gasteiger partial charge >= 0.3 is 0 Å². The van der Waals surface area contributed by atoms with Crippen LogP contribution in [0.4, 0.5) is 5.69 Å². The van der Waals surface area contributed by atoms with Gasteiger partial charge in [-0.2, -0.15) is 0 Å². The Bertz CT molecular complexity index is 520. The SMILES string of the molecule is COc1cc(N)c(Cl)cc1C(=O)NCCCOC1CCCC1.Cl. The Morgan fingerprint density at radius 2 is 2.09 bits per heavy atom. The molecule has 2 rings (SSSR count). The lowest BCUT2D eigenvalue weighted by Gasteiger charge is -2.13. The first-order chi connectivity index (χ1) is 10.6. The fraction of sp³-hybridized carbons (Fsp3) is 0.562. The molecule has 0 aromatic heterocycles. The third-order valence-corrected chi connectivity index (χ3v) is 4.15. The standard InChI is InChI=1S/C16H23ClN2O3.ClH/c1-21-15-10-14(18)13(17)9-12(15)16(20)19-7-4-8-22-11-5-2-3-6-11;/h9-11H,2-8,18H2,1H3,(H,19,20);1H. The van der Waals surface area contributed by atoms with E-state index in [1.54, 1.807) is 6.07 Å². The van der Waals surface area contributed by atoms with Crippen molar-refractivity contribution in [3.63, 3.8) is 0 Å². The zero-order chi connectivity index (χ0) is 15.9. The topological polar surface area (TPSA) is 73.6 Å². The summed E-state index contributed by atoms with van der Waals surface area (Å²) in [5.41, 5.74) is 6.48. The van der Waals surface area contributed by atoms with E-state index in [1.807, 2.05) is 0 Å². The monoisotopic (exact) mass is 362 g/mol. The fourth-order valence-electron chi connectivity index (χ4n) is 2.59. The number of halogens is 2. The first kappa shape index (κ1) is 19.9. The number of nitrogens with two attached hydrogens (primary N) is 1. The number of nitrogen functional groups attached to an aromatic ring is 1. The number of amides is 1. The second-order valence-corrected chi connectivity index (χ2v) is 5.87. The molecule has 0 heterocycles. The van der Waals surface area contributed by atoms with E-state index in [-0.39, 0.29) is 18.3 Å². The highest BCUT2D eigenvalue weighted by molar-refractivity contribution is 6.33. The Kier molecular flexibility index (Phi) is 8.52. The number of nitrogens with one attached hydrogen (secondary N) is 1. The lowest BCUT2D eigenvalue weighted by Crippen LogP contribution is -2.26. The van der Waals surface area contributed by atoms with Crippen molar-refractivity contribution in [1.82, 2.24) is 5.32 Å². The summed E-state index contributed by atoms with van der Waals surface area (Å²) < 4.78 is 10.9. The van der Waals surface area contributed by atoms with Crippen LogP contribution in [-0.4, -0.2) is 32.3 Å². The molecule has 0 bridgehead atoms. The van der Waals surface area contributed by atoms with E-state index in [4.69, 9.17) is 26.8 Å². The molecule has 0 spiro atoms. The van der Waals surface area contributed by atoms with Crippen LogP contribution in [0.2, 0.25) is 5.02 Å². The molecule has 7 heteroatoms. The van der Waals surface area contributed by atoms with Crippen LogP contribution in [0.5, 0.6) is 5.75 Å². The van der Waals surface area contributed by atoms with Crippen LogP contribution in [0.25, 0.3) is 0 Å². The molecule has 3 N–H and O–H groups in total. The Morgan fingerprint density at radius 3 is 2.74 bits per heavy atom. The summed E-state index contributed by atoms with van der Waals surface area (Å²) in [4.78, 5) is 12.2. The second kappa shape index (κ2) is 9.85. The van der Waals surface area contributed by atoms with E-state index in [2.05, 4.69) is 5.32 Å². The van der Waals surface area contributed by atoms with Gasteiger partial charge in [0.25, 0.3) is 5.91 Å². The Balaban J connectivity index is 0.00000264. The molecule has 0 atom stereocenters. The predicted octanol–water partition coefficient (Wildman–Crippen LogP) is 3.43. The number of methoxy groups -OCH3 is 1. The van der Waals surface area contributed by atoms with Gasteiger partial charge in [-0.3, -0.25) is 4.79 Å². The third kappa shape index (κ3) is 5.75. The van der Waals surface area contributed by atoms with E-state index in [0.29, 0.717) is 41.3 Å². The smallest absolute Gasteiger partial charge is 0.255 e. The molecule has 1 aromatic rings. The summed E-state index contributed by atoms with van der Waals surface area (Å²) in [6.45, 7) is 1.22. The molecule has 1 amide bonds. The van der Waals surface area contributed by atoms with Crippen molar-refractivity contribution in [3.8, 4) is 5.75 Å². The molecule has 1 aromatic carbocycles.